The average molecular weight is 554 g/mol. The van der Waals surface area contributed by atoms with E-state index in [0.29, 0.717) is 61.6 Å². The third-order valence-electron chi connectivity index (χ3n) is 6.31. The molecule has 38 heavy (non-hydrogen) atoms. The largest absolute Gasteiger partial charge is 0.493 e. The summed E-state index contributed by atoms with van der Waals surface area (Å²) in [5, 5.41) is 13.6. The number of hydrogen-bond donors (Lipinski definition) is 0. The molecule has 9 nitrogen and oxygen atoms in total. The number of nitrogens with zero attached hydrogens (tertiary/aromatic N) is 5. The molecule has 0 N–H and O–H groups in total. The minimum Gasteiger partial charge on any atom is -0.493 e. The quantitative estimate of drug-likeness (QED) is 0.210. The zero-order valence-corrected chi connectivity index (χ0v) is 22.4. The number of morpholine rings is 1. The van der Waals surface area contributed by atoms with Gasteiger partial charge in [0.25, 0.3) is 0 Å². The van der Waals surface area contributed by atoms with E-state index in [1.807, 2.05) is 18.2 Å². The predicted molar refractivity (Wildman–Crippen MR) is 147 cm³/mol. The molecule has 0 bridgehead atoms. The van der Waals surface area contributed by atoms with Crippen LogP contribution in [0.1, 0.15) is 5.56 Å². The van der Waals surface area contributed by atoms with Crippen molar-refractivity contribution in [3.63, 3.8) is 0 Å². The number of ether oxygens (including phenoxy) is 3. The molecular formula is C27H25Cl2N5O4. The van der Waals surface area contributed by atoms with Gasteiger partial charge in [0.15, 0.2) is 17.1 Å². The fourth-order valence-electron chi connectivity index (χ4n) is 4.41. The minimum absolute atomic E-state index is 0.293. The number of anilines is 2. The lowest BCUT2D eigenvalue weighted by atomic mass is 10.1. The number of halogens is 2. The molecule has 4 aromatic rings. The van der Waals surface area contributed by atoms with E-state index in [-0.39, 0.29) is 0 Å². The Morgan fingerprint density at radius 2 is 1.92 bits per heavy atom. The van der Waals surface area contributed by atoms with Crippen molar-refractivity contribution >= 4 is 56.5 Å². The number of benzene rings is 2. The van der Waals surface area contributed by atoms with Crippen LogP contribution in [0.15, 0.2) is 42.6 Å². The van der Waals surface area contributed by atoms with E-state index in [1.54, 1.807) is 25.3 Å². The lowest BCUT2D eigenvalue weighted by Crippen LogP contribution is -2.38. The first-order valence-corrected chi connectivity index (χ1v) is 12.7. The van der Waals surface area contributed by atoms with Gasteiger partial charge < -0.3 is 14.2 Å². The molecule has 5 rings (SSSR count). The van der Waals surface area contributed by atoms with Crippen molar-refractivity contribution < 1.29 is 19.0 Å². The van der Waals surface area contributed by atoms with E-state index in [2.05, 4.69) is 16.0 Å². The molecule has 11 heteroatoms. The number of rotatable bonds is 8. The zero-order valence-electron chi connectivity index (χ0n) is 20.9. The fraction of sp³-hybridized carbons (Fsp3) is 0.296. The van der Waals surface area contributed by atoms with Crippen molar-refractivity contribution in [3.05, 3.63) is 58.2 Å². The molecule has 0 radical (unpaired) electrons. The number of fused-ring (bicyclic) bond motifs is 2. The van der Waals surface area contributed by atoms with Gasteiger partial charge in [-0.2, -0.15) is 5.26 Å². The molecule has 1 saturated heterocycles. The van der Waals surface area contributed by atoms with E-state index in [9.17, 15) is 5.26 Å². The minimum atomic E-state index is 0.293. The summed E-state index contributed by atoms with van der Waals surface area (Å²) >= 11 is 12.6. The second-order valence-electron chi connectivity index (χ2n) is 8.56. The molecule has 0 aliphatic carbocycles. The number of hydrogen-bond acceptors (Lipinski definition) is 9. The average Bonchev–Trinajstić information content (AvgIpc) is 2.93. The summed E-state index contributed by atoms with van der Waals surface area (Å²) in [7, 11) is 3.09. The molecule has 0 unspecified atom stereocenters. The van der Waals surface area contributed by atoms with Crippen LogP contribution in [-0.4, -0.2) is 68.5 Å². The molecule has 2 aromatic heterocycles. The molecule has 0 atom stereocenters. The van der Waals surface area contributed by atoms with Gasteiger partial charge >= 0.3 is 0 Å². The lowest BCUT2D eigenvalue weighted by Gasteiger charge is -2.26. The first-order chi connectivity index (χ1) is 18.5. The Balaban J connectivity index is 1.56. The van der Waals surface area contributed by atoms with E-state index < -0.39 is 0 Å². The highest BCUT2D eigenvalue weighted by molar-refractivity contribution is 6.36. The van der Waals surface area contributed by atoms with Crippen LogP contribution >= 0.6 is 23.2 Å². The molecule has 0 saturated carbocycles. The van der Waals surface area contributed by atoms with Crippen LogP contribution in [0, 0.1) is 11.3 Å². The smallest absolute Gasteiger partial charge is 0.163 e. The topological polar surface area (TPSA) is 93.0 Å². The maximum atomic E-state index is 9.90. The fourth-order valence-corrected chi connectivity index (χ4v) is 4.90. The lowest BCUT2D eigenvalue weighted by molar-refractivity contribution is 0.0321. The predicted octanol–water partition coefficient (Wildman–Crippen LogP) is 5.38. The van der Waals surface area contributed by atoms with Gasteiger partial charge in [-0.05, 0) is 30.3 Å². The van der Waals surface area contributed by atoms with E-state index in [4.69, 9.17) is 47.2 Å². The maximum absolute atomic E-state index is 9.90. The van der Waals surface area contributed by atoms with Crippen molar-refractivity contribution in [2.45, 2.75) is 0 Å². The Labute approximate surface area is 229 Å². The standard InChI is InChI=1S/C27H25Cl2N5O4/c1-35-24-12-17-11-20-26(34(36-2)23-4-3-19(28)13-21(23)29)18(15-30)16-31-27(20)32-22(17)14-25(24)38-10-7-33-5-8-37-9-6-33/h3-4,11-14,16H,5-10H2,1-2H3. The molecule has 1 aliphatic heterocycles. The van der Waals surface area contributed by atoms with Crippen LogP contribution in [0.2, 0.25) is 10.0 Å². The van der Waals surface area contributed by atoms with Crippen LogP contribution in [0.3, 0.4) is 0 Å². The van der Waals surface area contributed by atoms with Crippen LogP contribution in [0.25, 0.3) is 21.9 Å². The SMILES string of the molecule is COc1cc2cc3c(N(OC)c4ccc(Cl)cc4Cl)c(C#N)cnc3nc2cc1OCCN1CCOCC1. The highest BCUT2D eigenvalue weighted by atomic mass is 35.5. The summed E-state index contributed by atoms with van der Waals surface area (Å²) < 4.78 is 17.1. The summed E-state index contributed by atoms with van der Waals surface area (Å²) in [5.41, 5.74) is 2.38. The Morgan fingerprint density at radius 3 is 2.63 bits per heavy atom. The number of methoxy groups -OCH3 is 1. The second kappa shape index (κ2) is 11.6. The third kappa shape index (κ3) is 5.27. The van der Waals surface area contributed by atoms with Gasteiger partial charge in [-0.15, -0.1) is 0 Å². The van der Waals surface area contributed by atoms with Gasteiger partial charge in [0, 0.05) is 47.7 Å². The molecule has 3 heterocycles. The molecule has 0 spiro atoms. The van der Waals surface area contributed by atoms with Crippen molar-refractivity contribution in [1.82, 2.24) is 14.9 Å². The summed E-state index contributed by atoms with van der Waals surface area (Å²) in [6, 6.07) is 12.8. The van der Waals surface area contributed by atoms with Crippen molar-refractivity contribution in [2.75, 3.05) is 58.7 Å². The maximum Gasteiger partial charge on any atom is 0.163 e. The van der Waals surface area contributed by atoms with Gasteiger partial charge in [0.05, 0.1) is 54.9 Å². The van der Waals surface area contributed by atoms with Crippen LogP contribution in [0.4, 0.5) is 11.4 Å². The van der Waals surface area contributed by atoms with E-state index >= 15 is 0 Å². The molecule has 196 valence electrons. The Hall–Kier alpha value is -3.39. The number of aromatic nitrogens is 2. The summed E-state index contributed by atoms with van der Waals surface area (Å²) in [6.07, 6.45) is 1.47. The first-order valence-electron chi connectivity index (χ1n) is 12.0. The number of pyridine rings is 2. The molecule has 2 aromatic carbocycles. The Morgan fingerprint density at radius 1 is 1.11 bits per heavy atom. The van der Waals surface area contributed by atoms with Gasteiger partial charge in [-0.3, -0.25) is 9.74 Å². The highest BCUT2D eigenvalue weighted by Gasteiger charge is 2.22. The van der Waals surface area contributed by atoms with Crippen LogP contribution in [0.5, 0.6) is 11.5 Å². The van der Waals surface area contributed by atoms with Crippen LogP contribution in [-0.2, 0) is 9.57 Å². The van der Waals surface area contributed by atoms with Gasteiger partial charge in [-0.1, -0.05) is 23.2 Å². The van der Waals surface area contributed by atoms with Crippen molar-refractivity contribution in [3.8, 4) is 17.6 Å². The molecular weight excluding hydrogens is 529 g/mol. The third-order valence-corrected chi connectivity index (χ3v) is 6.85. The monoisotopic (exact) mass is 553 g/mol. The normalized spacial score (nSPS) is 14.0. The molecule has 0 amide bonds. The second-order valence-corrected chi connectivity index (χ2v) is 9.41. The summed E-state index contributed by atoms with van der Waals surface area (Å²) in [6.45, 7) is 4.56. The van der Waals surface area contributed by atoms with Gasteiger partial charge in [-0.25, -0.2) is 15.0 Å². The van der Waals surface area contributed by atoms with Crippen molar-refractivity contribution in [2.24, 2.45) is 0 Å². The zero-order chi connectivity index (χ0) is 26.6. The van der Waals surface area contributed by atoms with E-state index in [1.165, 1.54) is 18.4 Å². The van der Waals surface area contributed by atoms with Gasteiger partial charge in [0.2, 0.25) is 0 Å². The molecule has 1 aliphatic rings. The Kier molecular flexibility index (Phi) is 7.98. The Bertz CT molecular complexity index is 1520. The first kappa shape index (κ1) is 26.2. The van der Waals surface area contributed by atoms with Gasteiger partial charge in [0.1, 0.15) is 12.7 Å². The summed E-state index contributed by atoms with van der Waals surface area (Å²) in [4.78, 5) is 17.2. The number of nitriles is 1. The molecule has 1 fully saturated rings. The van der Waals surface area contributed by atoms with Crippen molar-refractivity contribution in [1.29, 1.82) is 5.26 Å². The van der Waals surface area contributed by atoms with E-state index in [0.717, 1.165) is 38.2 Å². The van der Waals surface area contributed by atoms with Crippen LogP contribution < -0.4 is 14.5 Å². The summed E-state index contributed by atoms with van der Waals surface area (Å²) in [5.74, 6) is 1.18. The highest BCUT2D eigenvalue weighted by Crippen LogP contribution is 2.40.